The average Bonchev–Trinajstić information content (AvgIpc) is 2.59. The molecule has 3 nitrogen and oxygen atoms in total. The maximum absolute atomic E-state index is 13.1. The van der Waals surface area contributed by atoms with Gasteiger partial charge in [-0.25, -0.2) is 0 Å². The highest BCUT2D eigenvalue weighted by atomic mass is 19.4. The molecule has 3 rings (SSSR count). The van der Waals surface area contributed by atoms with E-state index in [0.717, 1.165) is 35.0 Å². The summed E-state index contributed by atoms with van der Waals surface area (Å²) in [6, 6.07) is 12.7. The van der Waals surface area contributed by atoms with Gasteiger partial charge in [0.1, 0.15) is 5.75 Å². The van der Waals surface area contributed by atoms with E-state index >= 15 is 0 Å². The van der Waals surface area contributed by atoms with E-state index in [4.69, 9.17) is 0 Å². The van der Waals surface area contributed by atoms with E-state index in [2.05, 4.69) is 5.32 Å². The SMILES string of the molecule is CC(C)(C)Nc1c(C(=O)c2ccc(C(F)(F)F)cc2)c(O)cc2ccccc12. The summed E-state index contributed by atoms with van der Waals surface area (Å²) in [7, 11) is 0. The number of aromatic hydroxyl groups is 1. The van der Waals surface area contributed by atoms with Crippen LogP contribution in [0.4, 0.5) is 18.9 Å². The number of ketones is 1. The van der Waals surface area contributed by atoms with Gasteiger partial charge in [0.25, 0.3) is 0 Å². The van der Waals surface area contributed by atoms with Crippen molar-refractivity contribution in [2.24, 2.45) is 0 Å². The zero-order chi connectivity index (χ0) is 20.7. The number of hydrogen-bond donors (Lipinski definition) is 2. The number of phenolic OH excluding ortho intramolecular Hbond substituents is 1. The minimum Gasteiger partial charge on any atom is -0.507 e. The lowest BCUT2D eigenvalue weighted by Gasteiger charge is -2.26. The van der Waals surface area contributed by atoms with Gasteiger partial charge in [-0.1, -0.05) is 36.4 Å². The van der Waals surface area contributed by atoms with Crippen molar-refractivity contribution in [1.82, 2.24) is 0 Å². The Kier molecular flexibility index (Phi) is 4.83. The van der Waals surface area contributed by atoms with Crippen LogP contribution in [-0.4, -0.2) is 16.4 Å². The van der Waals surface area contributed by atoms with Crippen LogP contribution >= 0.6 is 0 Å². The third kappa shape index (κ3) is 3.96. The number of halogens is 3. The van der Waals surface area contributed by atoms with Crippen molar-refractivity contribution in [3.05, 3.63) is 71.3 Å². The molecule has 3 aromatic carbocycles. The van der Waals surface area contributed by atoms with Crippen LogP contribution in [0.25, 0.3) is 10.8 Å². The first-order chi connectivity index (χ1) is 13.0. The van der Waals surface area contributed by atoms with Gasteiger partial charge in [-0.2, -0.15) is 13.2 Å². The van der Waals surface area contributed by atoms with E-state index in [9.17, 15) is 23.1 Å². The second-order valence-electron chi connectivity index (χ2n) is 7.65. The average molecular weight is 387 g/mol. The van der Waals surface area contributed by atoms with Gasteiger partial charge in [0.05, 0.1) is 16.8 Å². The third-order valence-electron chi connectivity index (χ3n) is 4.23. The predicted octanol–water partition coefficient (Wildman–Crippen LogP) is 6.01. The van der Waals surface area contributed by atoms with Crippen molar-refractivity contribution in [3.63, 3.8) is 0 Å². The molecule has 2 N–H and O–H groups in total. The molecule has 0 saturated carbocycles. The Morgan fingerprint density at radius 3 is 2.14 bits per heavy atom. The molecule has 0 amide bonds. The molecule has 0 saturated heterocycles. The van der Waals surface area contributed by atoms with Gasteiger partial charge in [-0.05, 0) is 44.4 Å². The van der Waals surface area contributed by atoms with Crippen molar-refractivity contribution < 1.29 is 23.1 Å². The molecule has 0 fully saturated rings. The highest BCUT2D eigenvalue weighted by Crippen LogP contribution is 2.38. The fourth-order valence-electron chi connectivity index (χ4n) is 3.02. The highest BCUT2D eigenvalue weighted by Gasteiger charge is 2.31. The van der Waals surface area contributed by atoms with E-state index in [1.807, 2.05) is 45.0 Å². The molecule has 0 aliphatic carbocycles. The number of anilines is 1. The predicted molar refractivity (Wildman–Crippen MR) is 104 cm³/mol. The summed E-state index contributed by atoms with van der Waals surface area (Å²) < 4.78 is 38.4. The maximum atomic E-state index is 13.1. The largest absolute Gasteiger partial charge is 0.507 e. The normalized spacial score (nSPS) is 12.2. The Morgan fingerprint density at radius 1 is 0.964 bits per heavy atom. The number of hydrogen-bond acceptors (Lipinski definition) is 3. The van der Waals surface area contributed by atoms with Gasteiger partial charge in [-0.3, -0.25) is 4.79 Å². The Morgan fingerprint density at radius 2 is 1.57 bits per heavy atom. The van der Waals surface area contributed by atoms with Crippen LogP contribution in [0.3, 0.4) is 0 Å². The number of nitrogens with one attached hydrogen (secondary N) is 1. The zero-order valence-electron chi connectivity index (χ0n) is 15.7. The monoisotopic (exact) mass is 387 g/mol. The second-order valence-corrected chi connectivity index (χ2v) is 7.65. The number of carbonyl (C=O) groups excluding carboxylic acids is 1. The first kappa shape index (κ1) is 19.7. The van der Waals surface area contributed by atoms with Crippen molar-refractivity contribution >= 4 is 22.2 Å². The summed E-state index contributed by atoms with van der Waals surface area (Å²) in [4.78, 5) is 13.1. The number of rotatable bonds is 3. The van der Waals surface area contributed by atoms with E-state index in [0.29, 0.717) is 5.69 Å². The molecule has 0 aromatic heterocycles. The molecule has 146 valence electrons. The van der Waals surface area contributed by atoms with Crippen molar-refractivity contribution in [2.45, 2.75) is 32.5 Å². The summed E-state index contributed by atoms with van der Waals surface area (Å²) in [5.41, 5.74) is -0.692. The Hall–Kier alpha value is -3.02. The van der Waals surface area contributed by atoms with Gasteiger partial charge in [0, 0.05) is 16.5 Å². The summed E-state index contributed by atoms with van der Waals surface area (Å²) >= 11 is 0. The van der Waals surface area contributed by atoms with Crippen molar-refractivity contribution in [2.75, 3.05) is 5.32 Å². The molecule has 3 aromatic rings. The summed E-state index contributed by atoms with van der Waals surface area (Å²) in [6.07, 6.45) is -4.48. The summed E-state index contributed by atoms with van der Waals surface area (Å²) in [5, 5.41) is 15.3. The van der Waals surface area contributed by atoms with Gasteiger partial charge in [0.15, 0.2) is 5.78 Å². The van der Waals surface area contributed by atoms with Gasteiger partial charge < -0.3 is 10.4 Å². The van der Waals surface area contributed by atoms with Crippen LogP contribution in [-0.2, 0) is 6.18 Å². The summed E-state index contributed by atoms with van der Waals surface area (Å²) in [5.74, 6) is -0.779. The number of fused-ring (bicyclic) bond motifs is 1. The maximum Gasteiger partial charge on any atom is 0.416 e. The second kappa shape index (κ2) is 6.86. The van der Waals surface area contributed by atoms with Crippen LogP contribution < -0.4 is 5.32 Å². The van der Waals surface area contributed by atoms with E-state index in [1.54, 1.807) is 0 Å². The van der Waals surface area contributed by atoms with Gasteiger partial charge in [-0.15, -0.1) is 0 Å². The molecular weight excluding hydrogens is 367 g/mol. The number of benzene rings is 3. The van der Waals surface area contributed by atoms with Gasteiger partial charge in [0.2, 0.25) is 0 Å². The molecule has 0 bridgehead atoms. The van der Waals surface area contributed by atoms with Crippen molar-refractivity contribution in [1.29, 1.82) is 0 Å². The Balaban J connectivity index is 2.17. The minimum atomic E-state index is -4.48. The molecular formula is C22H20F3NO2. The molecule has 0 radical (unpaired) electrons. The minimum absolute atomic E-state index is 0.0355. The number of phenols is 1. The lowest BCUT2D eigenvalue weighted by molar-refractivity contribution is -0.137. The number of carbonyl (C=O) groups is 1. The summed E-state index contributed by atoms with van der Waals surface area (Å²) in [6.45, 7) is 5.74. The molecule has 0 aliphatic heterocycles. The first-order valence-electron chi connectivity index (χ1n) is 8.72. The molecule has 0 spiro atoms. The smallest absolute Gasteiger partial charge is 0.416 e. The third-order valence-corrected chi connectivity index (χ3v) is 4.23. The Bertz CT molecular complexity index is 1030. The lowest BCUT2D eigenvalue weighted by Crippen LogP contribution is -2.27. The molecule has 0 aliphatic rings. The number of alkyl halides is 3. The van der Waals surface area contributed by atoms with Gasteiger partial charge >= 0.3 is 6.18 Å². The first-order valence-corrected chi connectivity index (χ1v) is 8.72. The van der Waals surface area contributed by atoms with Crippen LogP contribution in [0.2, 0.25) is 0 Å². The van der Waals surface area contributed by atoms with E-state index in [1.165, 1.54) is 6.07 Å². The highest BCUT2D eigenvalue weighted by molar-refractivity contribution is 6.18. The molecule has 0 atom stereocenters. The van der Waals surface area contributed by atoms with Crippen LogP contribution in [0, 0.1) is 0 Å². The molecule has 0 heterocycles. The molecule has 6 heteroatoms. The van der Waals surface area contributed by atoms with E-state index < -0.39 is 23.1 Å². The quantitative estimate of drug-likeness (QED) is 0.542. The van der Waals surface area contributed by atoms with E-state index in [-0.39, 0.29) is 16.9 Å². The molecule has 28 heavy (non-hydrogen) atoms. The molecule has 0 unspecified atom stereocenters. The fourth-order valence-corrected chi connectivity index (χ4v) is 3.02. The van der Waals surface area contributed by atoms with Crippen LogP contribution in [0.5, 0.6) is 5.75 Å². The lowest BCUT2D eigenvalue weighted by atomic mass is 9.94. The fraction of sp³-hybridized carbons (Fsp3) is 0.227. The Labute approximate surface area is 160 Å². The zero-order valence-corrected chi connectivity index (χ0v) is 15.7. The topological polar surface area (TPSA) is 49.3 Å². The standard InChI is InChI=1S/C22H20F3NO2/c1-21(2,3)26-19-16-7-5-4-6-14(16)12-17(27)18(19)20(28)13-8-10-15(11-9-13)22(23,24)25/h4-12,26-27H,1-3H3. The van der Waals surface area contributed by atoms with Crippen LogP contribution in [0.15, 0.2) is 54.6 Å². The van der Waals surface area contributed by atoms with Crippen LogP contribution in [0.1, 0.15) is 42.3 Å². The van der Waals surface area contributed by atoms with Crippen molar-refractivity contribution in [3.8, 4) is 5.75 Å².